The second-order valence-electron chi connectivity index (χ2n) is 3.85. The highest BCUT2D eigenvalue weighted by atomic mass is 16.4. The van der Waals surface area contributed by atoms with Crippen LogP contribution in [0.3, 0.4) is 0 Å². The third-order valence-corrected chi connectivity index (χ3v) is 2.64. The molecule has 0 aliphatic carbocycles. The number of hydrogen-bond donors (Lipinski definition) is 4. The van der Waals surface area contributed by atoms with Crippen molar-refractivity contribution in [3.05, 3.63) is 0 Å². The maximum Gasteiger partial charge on any atom is 0.414 e. The molecule has 0 spiro atoms. The van der Waals surface area contributed by atoms with Crippen LogP contribution in [0.25, 0.3) is 0 Å². The lowest BCUT2D eigenvalue weighted by molar-refractivity contribution is -0.159. The van der Waals surface area contributed by atoms with Gasteiger partial charge < -0.3 is 20.6 Å². The Kier molecular flexibility index (Phi) is 4.66. The molecular weight excluding hydrogens is 216 g/mol. The Morgan fingerprint density at radius 2 is 1.88 bits per heavy atom. The van der Waals surface area contributed by atoms with E-state index in [4.69, 9.17) is 19.8 Å². The summed E-state index contributed by atoms with van der Waals surface area (Å²) in [6.07, 6.45) is 0.900. The van der Waals surface area contributed by atoms with Crippen LogP contribution in [0.5, 0.6) is 0 Å². The monoisotopic (exact) mass is 232 g/mol. The van der Waals surface area contributed by atoms with Crippen LogP contribution in [0.1, 0.15) is 6.42 Å². The molecule has 2 rings (SSSR count). The van der Waals surface area contributed by atoms with E-state index >= 15 is 0 Å². The maximum atomic E-state index is 9.29. The molecule has 92 valence electrons. The smallest absolute Gasteiger partial charge is 0.414 e. The topological polar surface area (TPSA) is 110 Å². The van der Waals surface area contributed by atoms with Crippen LogP contribution >= 0.6 is 0 Å². The Morgan fingerprint density at radius 3 is 2.38 bits per heavy atom. The van der Waals surface area contributed by atoms with E-state index < -0.39 is 11.9 Å². The van der Waals surface area contributed by atoms with Gasteiger partial charge in [-0.2, -0.15) is 0 Å². The predicted octanol–water partition coefficient (Wildman–Crippen LogP) is -1.82. The molecule has 0 unspecified atom stereocenters. The molecule has 0 radical (unpaired) electrons. The average Bonchev–Trinajstić information content (AvgIpc) is 2.58. The van der Waals surface area contributed by atoms with Crippen molar-refractivity contribution in [2.24, 2.45) is 0 Å². The molecule has 2 saturated heterocycles. The molecule has 0 saturated carbocycles. The maximum absolute atomic E-state index is 9.29. The first-order chi connectivity index (χ1) is 7.50. The van der Waals surface area contributed by atoms with Crippen LogP contribution in [-0.2, 0) is 9.59 Å². The van der Waals surface area contributed by atoms with E-state index in [1.165, 1.54) is 0 Å². The fourth-order valence-corrected chi connectivity index (χ4v) is 1.94. The number of aliphatic hydroxyl groups is 1. The lowest BCUT2D eigenvalue weighted by atomic mass is 10.2. The van der Waals surface area contributed by atoms with E-state index in [1.807, 2.05) is 0 Å². The van der Waals surface area contributed by atoms with Crippen LogP contribution in [0, 0.1) is 0 Å². The second-order valence-corrected chi connectivity index (χ2v) is 3.85. The summed E-state index contributed by atoms with van der Waals surface area (Å²) >= 11 is 0. The fraction of sp³-hybridized carbons (Fsp3) is 0.778. The number of nitrogens with one attached hydrogen (secondary N) is 1. The van der Waals surface area contributed by atoms with Crippen molar-refractivity contribution in [1.29, 1.82) is 0 Å². The molecule has 7 heteroatoms. The van der Waals surface area contributed by atoms with Gasteiger partial charge in [-0.25, -0.2) is 9.59 Å². The van der Waals surface area contributed by atoms with Gasteiger partial charge in [0.05, 0.1) is 6.10 Å². The largest absolute Gasteiger partial charge is 0.473 e. The number of rotatable bonds is 0. The van der Waals surface area contributed by atoms with Crippen molar-refractivity contribution < 1.29 is 24.9 Å². The van der Waals surface area contributed by atoms with E-state index in [1.54, 1.807) is 0 Å². The number of hydrogen-bond acceptors (Lipinski definition) is 5. The van der Waals surface area contributed by atoms with Crippen LogP contribution in [0.2, 0.25) is 0 Å². The molecule has 4 N–H and O–H groups in total. The Balaban J connectivity index is 0.000000187. The molecule has 16 heavy (non-hydrogen) atoms. The van der Waals surface area contributed by atoms with Crippen molar-refractivity contribution in [2.75, 3.05) is 26.2 Å². The normalized spacial score (nSPS) is 28.8. The number of carbonyl (C=O) groups is 2. The van der Waals surface area contributed by atoms with Gasteiger partial charge in [-0.15, -0.1) is 0 Å². The van der Waals surface area contributed by atoms with E-state index in [9.17, 15) is 5.11 Å². The summed E-state index contributed by atoms with van der Waals surface area (Å²) in [5.74, 6) is -3.65. The average molecular weight is 232 g/mol. The van der Waals surface area contributed by atoms with Crippen LogP contribution in [0.15, 0.2) is 0 Å². The van der Waals surface area contributed by atoms with Crippen molar-refractivity contribution in [1.82, 2.24) is 10.2 Å². The van der Waals surface area contributed by atoms with E-state index in [0.29, 0.717) is 6.04 Å². The highest BCUT2D eigenvalue weighted by Crippen LogP contribution is 2.18. The second kappa shape index (κ2) is 5.78. The molecule has 7 nitrogen and oxygen atoms in total. The van der Waals surface area contributed by atoms with Gasteiger partial charge in [-0.1, -0.05) is 0 Å². The van der Waals surface area contributed by atoms with Crippen molar-refractivity contribution in [3.8, 4) is 0 Å². The number of piperazine rings is 1. The van der Waals surface area contributed by atoms with Gasteiger partial charge in [0.1, 0.15) is 0 Å². The molecule has 2 aliphatic rings. The van der Waals surface area contributed by atoms with Gasteiger partial charge in [-0.3, -0.25) is 4.90 Å². The van der Waals surface area contributed by atoms with Gasteiger partial charge in [0.25, 0.3) is 0 Å². The third-order valence-electron chi connectivity index (χ3n) is 2.64. The SMILES string of the molecule is O=C(O)C(=O)O.O[C@@H]1C[C@H]2CNCCN2C1. The van der Waals surface area contributed by atoms with E-state index in [2.05, 4.69) is 10.2 Å². The van der Waals surface area contributed by atoms with Gasteiger partial charge in [0.15, 0.2) is 0 Å². The number of aliphatic carboxylic acids is 2. The zero-order chi connectivity index (χ0) is 12.1. The molecule has 2 fully saturated rings. The minimum absolute atomic E-state index is 0.0649. The minimum Gasteiger partial charge on any atom is -0.473 e. The summed E-state index contributed by atoms with van der Waals surface area (Å²) in [6, 6.07) is 0.615. The molecule has 2 heterocycles. The summed E-state index contributed by atoms with van der Waals surface area (Å²) in [5.41, 5.74) is 0. The van der Waals surface area contributed by atoms with E-state index in [-0.39, 0.29) is 6.10 Å². The minimum atomic E-state index is -1.82. The molecule has 2 atom stereocenters. The Morgan fingerprint density at radius 1 is 1.25 bits per heavy atom. The molecule has 0 aromatic carbocycles. The zero-order valence-electron chi connectivity index (χ0n) is 8.80. The zero-order valence-corrected chi connectivity index (χ0v) is 8.80. The number of aliphatic hydroxyl groups excluding tert-OH is 1. The van der Waals surface area contributed by atoms with Gasteiger partial charge in [0, 0.05) is 32.2 Å². The van der Waals surface area contributed by atoms with Gasteiger partial charge >= 0.3 is 11.9 Å². The highest BCUT2D eigenvalue weighted by molar-refractivity contribution is 6.27. The highest BCUT2D eigenvalue weighted by Gasteiger charge is 2.31. The summed E-state index contributed by atoms with van der Waals surface area (Å²) < 4.78 is 0. The van der Waals surface area contributed by atoms with Crippen LogP contribution < -0.4 is 5.32 Å². The number of nitrogens with zero attached hydrogens (tertiary/aromatic N) is 1. The number of carboxylic acid groups (broad SMARTS) is 2. The Bertz CT molecular complexity index is 245. The molecule has 2 aliphatic heterocycles. The fourth-order valence-electron chi connectivity index (χ4n) is 1.94. The first kappa shape index (κ1) is 12.9. The number of carboxylic acids is 2. The van der Waals surface area contributed by atoms with Crippen LogP contribution in [-0.4, -0.2) is 70.5 Å². The summed E-state index contributed by atoms with van der Waals surface area (Å²) in [6.45, 7) is 4.16. The third kappa shape index (κ3) is 3.76. The number of fused-ring (bicyclic) bond motifs is 1. The molecule has 0 aromatic rings. The van der Waals surface area contributed by atoms with Crippen molar-refractivity contribution in [2.45, 2.75) is 18.6 Å². The standard InChI is InChI=1S/C7H14N2O.C2H2O4/c10-7-3-6-4-8-1-2-9(6)5-7;3-1(4)2(5)6/h6-8,10H,1-5H2;(H,3,4)(H,5,6)/t6-,7+;/m0./s1. The first-order valence-electron chi connectivity index (χ1n) is 5.09. The van der Waals surface area contributed by atoms with E-state index in [0.717, 1.165) is 32.6 Å². The Labute approximate surface area is 92.7 Å². The lowest BCUT2D eigenvalue weighted by Crippen LogP contribution is -2.47. The lowest BCUT2D eigenvalue weighted by Gasteiger charge is -2.29. The summed E-state index contributed by atoms with van der Waals surface area (Å²) in [7, 11) is 0. The first-order valence-corrected chi connectivity index (χ1v) is 5.09. The molecular formula is C9H16N2O5. The van der Waals surface area contributed by atoms with Crippen molar-refractivity contribution >= 4 is 11.9 Å². The summed E-state index contributed by atoms with van der Waals surface area (Å²) in [4.78, 5) is 20.6. The molecule has 0 aromatic heterocycles. The quantitative estimate of drug-likeness (QED) is 0.364. The van der Waals surface area contributed by atoms with Gasteiger partial charge in [0.2, 0.25) is 0 Å². The summed E-state index contributed by atoms with van der Waals surface area (Å²) in [5, 5.41) is 27.4. The van der Waals surface area contributed by atoms with Crippen molar-refractivity contribution in [3.63, 3.8) is 0 Å². The molecule has 0 bridgehead atoms. The predicted molar refractivity (Wildman–Crippen MR) is 54.1 cm³/mol. The molecule has 0 amide bonds. The Hall–Kier alpha value is -1.18. The van der Waals surface area contributed by atoms with Gasteiger partial charge in [-0.05, 0) is 6.42 Å². The van der Waals surface area contributed by atoms with Crippen LogP contribution in [0.4, 0.5) is 0 Å².